The van der Waals surface area contributed by atoms with E-state index in [2.05, 4.69) is 49.1 Å². The van der Waals surface area contributed by atoms with Gasteiger partial charge in [0.15, 0.2) is 0 Å². The van der Waals surface area contributed by atoms with Gasteiger partial charge < -0.3 is 29.6 Å². The largest absolute Gasteiger partial charge is 0.474 e. The highest BCUT2D eigenvalue weighted by molar-refractivity contribution is 7.90. The van der Waals surface area contributed by atoms with E-state index in [1.54, 1.807) is 17.2 Å². The minimum atomic E-state index is -4.54. The van der Waals surface area contributed by atoms with Crippen LogP contribution in [0, 0.1) is 21.4 Å². The van der Waals surface area contributed by atoms with Crippen molar-refractivity contribution in [2.45, 2.75) is 93.5 Å². The van der Waals surface area contributed by atoms with Gasteiger partial charge in [-0.2, -0.15) is 4.98 Å². The third kappa shape index (κ3) is 8.14. The second-order valence-electron chi connectivity index (χ2n) is 19.4. The first-order valence-electron chi connectivity index (χ1n) is 23.9. The van der Waals surface area contributed by atoms with Crippen molar-refractivity contribution in [1.82, 2.24) is 19.6 Å². The van der Waals surface area contributed by atoms with E-state index in [4.69, 9.17) is 14.5 Å². The number of amides is 1. The normalized spacial score (nSPS) is 21.5. The van der Waals surface area contributed by atoms with Crippen molar-refractivity contribution in [3.8, 4) is 5.88 Å². The quantitative estimate of drug-likeness (QED) is 0.0803. The third-order valence-corrected chi connectivity index (χ3v) is 17.0. The molecule has 346 valence electrons. The first-order valence-corrected chi connectivity index (χ1v) is 25.4. The number of benzene rings is 3. The van der Waals surface area contributed by atoms with E-state index >= 15 is 0 Å². The number of carbonyl (C=O) groups is 1. The Bertz CT molecular complexity index is 2750. The molecule has 3 aromatic carbocycles. The Kier molecular flexibility index (Phi) is 11.4. The molecule has 6 heterocycles. The molecule has 15 nitrogen and oxygen atoms in total. The maximum absolute atomic E-state index is 14.3. The standard InChI is InChI=1S/C50H58N8O7S/c59-48(54-66(62,63)38-11-13-42(45(29-38)58(60)61)52-32-33-15-24-64-25-16-33)41-12-10-36(28-44(41)57-23-26-65-49-46(57)27-35-14-19-51-47(35)53-49)55-21-17-50(18-22-55)30-37(31-50)56-20-4-9-43(56)40-8-2-1-7-39(40)34-5-3-6-34/h1-2,7-8,10-14,19,27-29,33-34,37,43,52H,3-6,9,15-18,20-26,30-32H2,(H,51,53)(H,54,59)/t43-/m0/s1. The average Bonchev–Trinajstić information content (AvgIpc) is 3.99. The molecule has 2 aliphatic carbocycles. The zero-order valence-corrected chi connectivity index (χ0v) is 38.1. The van der Waals surface area contributed by atoms with Crippen LogP contribution in [0.25, 0.3) is 11.0 Å². The molecule has 1 spiro atoms. The van der Waals surface area contributed by atoms with Crippen molar-refractivity contribution in [1.29, 1.82) is 0 Å². The summed E-state index contributed by atoms with van der Waals surface area (Å²) < 4.78 is 41.6. The Labute approximate surface area is 385 Å². The van der Waals surface area contributed by atoms with Crippen LogP contribution in [0.1, 0.15) is 104 Å². The number of H-pyrrole nitrogens is 1. The fourth-order valence-electron chi connectivity index (χ4n) is 11.7. The van der Waals surface area contributed by atoms with Gasteiger partial charge in [-0.25, -0.2) is 13.1 Å². The Hall–Kier alpha value is -5.71. The number of hydrogen-bond acceptors (Lipinski definition) is 12. The number of anilines is 4. The van der Waals surface area contributed by atoms with Gasteiger partial charge in [0.05, 0.1) is 27.6 Å². The van der Waals surface area contributed by atoms with E-state index in [-0.39, 0.29) is 27.8 Å². The van der Waals surface area contributed by atoms with E-state index in [9.17, 15) is 23.3 Å². The molecule has 0 bridgehead atoms. The molecular weight excluding hydrogens is 857 g/mol. The number of piperidine rings is 1. The number of aromatic nitrogens is 2. The van der Waals surface area contributed by atoms with Gasteiger partial charge in [-0.1, -0.05) is 30.7 Å². The van der Waals surface area contributed by atoms with E-state index in [1.807, 2.05) is 35.4 Å². The maximum atomic E-state index is 14.3. The number of sulfonamides is 1. The second-order valence-corrected chi connectivity index (χ2v) is 21.1. The number of nitro groups is 1. The van der Waals surface area contributed by atoms with E-state index in [0.717, 1.165) is 61.8 Å². The van der Waals surface area contributed by atoms with Crippen molar-refractivity contribution in [3.63, 3.8) is 0 Å². The Morgan fingerprint density at radius 1 is 0.879 bits per heavy atom. The second kappa shape index (κ2) is 17.5. The number of nitrogens with one attached hydrogen (secondary N) is 3. The van der Waals surface area contributed by atoms with Gasteiger partial charge >= 0.3 is 0 Å². The molecule has 1 atom stereocenters. The highest BCUT2D eigenvalue weighted by atomic mass is 32.2. The zero-order chi connectivity index (χ0) is 45.0. The summed E-state index contributed by atoms with van der Waals surface area (Å²) >= 11 is 0. The van der Waals surface area contributed by atoms with Crippen LogP contribution in [-0.2, 0) is 14.8 Å². The summed E-state index contributed by atoms with van der Waals surface area (Å²) in [4.78, 5) is 40.6. The lowest BCUT2D eigenvalue weighted by Gasteiger charge is -2.56. The van der Waals surface area contributed by atoms with Gasteiger partial charge in [0.25, 0.3) is 21.6 Å². The molecule has 11 rings (SSSR count). The SMILES string of the molecule is O=C(NS(=O)(=O)c1ccc(NCC2CCOCC2)c([N+](=O)[O-])c1)c1ccc(N2CCC3(CC2)CC(N2CCC[C@H]2c2ccccc2C2CCC2)C3)cc1N1CCOc2nc3[nH]ccc3cc21. The molecule has 5 fully saturated rings. The number of nitrogens with zero attached hydrogens (tertiary/aromatic N) is 5. The van der Waals surface area contributed by atoms with Crippen molar-refractivity contribution in [2.24, 2.45) is 11.3 Å². The van der Waals surface area contributed by atoms with E-state index in [0.29, 0.717) is 73.3 Å². The lowest BCUT2D eigenvalue weighted by Crippen LogP contribution is -2.55. The molecule has 2 aromatic heterocycles. The summed E-state index contributed by atoms with van der Waals surface area (Å²) in [6.07, 6.45) is 14.6. The predicted octanol–water partition coefficient (Wildman–Crippen LogP) is 8.81. The molecule has 1 amide bonds. The summed E-state index contributed by atoms with van der Waals surface area (Å²) in [5, 5.41) is 16.2. The van der Waals surface area contributed by atoms with Gasteiger partial charge in [0.1, 0.15) is 23.6 Å². The molecule has 2 saturated carbocycles. The summed E-state index contributed by atoms with van der Waals surface area (Å²) in [6, 6.07) is 23.5. The minimum Gasteiger partial charge on any atom is -0.474 e. The van der Waals surface area contributed by atoms with Gasteiger partial charge in [0, 0.05) is 68.3 Å². The number of fused-ring (bicyclic) bond motifs is 2. The molecule has 5 aromatic rings. The van der Waals surface area contributed by atoms with Gasteiger partial charge in [0.2, 0.25) is 5.88 Å². The third-order valence-electron chi connectivity index (χ3n) is 15.7. The van der Waals surface area contributed by atoms with E-state index < -0.39 is 20.9 Å². The summed E-state index contributed by atoms with van der Waals surface area (Å²) in [7, 11) is -4.54. The number of likely N-dealkylation sites (tertiary alicyclic amines) is 1. The summed E-state index contributed by atoms with van der Waals surface area (Å²) in [6.45, 7) is 5.39. The summed E-state index contributed by atoms with van der Waals surface area (Å²) in [5.74, 6) is 0.570. The lowest BCUT2D eigenvalue weighted by molar-refractivity contribution is -0.384. The van der Waals surface area contributed by atoms with Crippen LogP contribution in [0.15, 0.2) is 83.9 Å². The highest BCUT2D eigenvalue weighted by Gasteiger charge is 2.50. The Morgan fingerprint density at radius 2 is 1.68 bits per heavy atom. The fraction of sp³-hybridized carbons (Fsp3) is 0.480. The van der Waals surface area contributed by atoms with Crippen LogP contribution in [0.2, 0.25) is 0 Å². The van der Waals surface area contributed by atoms with Crippen LogP contribution in [-0.4, -0.2) is 92.7 Å². The first-order chi connectivity index (χ1) is 32.1. The number of ether oxygens (including phenoxy) is 2. The van der Waals surface area contributed by atoms with Crippen molar-refractivity contribution < 1.29 is 27.6 Å². The number of rotatable bonds is 12. The van der Waals surface area contributed by atoms with E-state index in [1.165, 1.54) is 63.6 Å². The molecule has 0 unspecified atom stereocenters. The van der Waals surface area contributed by atoms with Crippen LogP contribution in [0.4, 0.5) is 28.4 Å². The van der Waals surface area contributed by atoms with Gasteiger partial charge in [-0.3, -0.25) is 19.8 Å². The molecule has 4 aliphatic heterocycles. The topological polar surface area (TPSA) is 175 Å². The Morgan fingerprint density at radius 3 is 2.45 bits per heavy atom. The molecule has 16 heteroatoms. The monoisotopic (exact) mass is 914 g/mol. The Balaban J connectivity index is 0.826. The summed E-state index contributed by atoms with van der Waals surface area (Å²) in [5.41, 5.74) is 6.26. The van der Waals surface area contributed by atoms with Gasteiger partial charge in [-0.15, -0.1) is 0 Å². The van der Waals surface area contributed by atoms with Crippen LogP contribution in [0.5, 0.6) is 5.88 Å². The lowest BCUT2D eigenvalue weighted by atomic mass is 9.59. The van der Waals surface area contributed by atoms with Crippen molar-refractivity contribution in [2.75, 3.05) is 67.7 Å². The number of carbonyl (C=O) groups excluding carboxylic acids is 1. The average molecular weight is 915 g/mol. The zero-order valence-electron chi connectivity index (χ0n) is 37.3. The van der Waals surface area contributed by atoms with Gasteiger partial charge in [-0.05, 0) is 142 Å². The molecule has 3 N–H and O–H groups in total. The maximum Gasteiger partial charge on any atom is 0.293 e. The van der Waals surface area contributed by atoms with Crippen LogP contribution < -0.4 is 24.6 Å². The number of pyridine rings is 1. The number of aromatic amines is 1. The predicted molar refractivity (Wildman–Crippen MR) is 253 cm³/mol. The van der Waals surface area contributed by atoms with Crippen molar-refractivity contribution in [3.05, 3.63) is 106 Å². The highest BCUT2D eigenvalue weighted by Crippen LogP contribution is 2.55. The minimum absolute atomic E-state index is 0.142. The van der Waals surface area contributed by atoms with Crippen LogP contribution in [0.3, 0.4) is 0 Å². The van der Waals surface area contributed by atoms with Crippen molar-refractivity contribution >= 4 is 55.4 Å². The van der Waals surface area contributed by atoms with Crippen LogP contribution >= 0.6 is 0 Å². The number of hydrogen-bond donors (Lipinski definition) is 3. The molecule has 3 saturated heterocycles. The molecule has 6 aliphatic rings. The molecule has 66 heavy (non-hydrogen) atoms. The molecular formula is C50H58N8O7S. The smallest absolute Gasteiger partial charge is 0.293 e. The molecule has 0 radical (unpaired) electrons. The number of nitro benzene ring substituents is 1. The fourth-order valence-corrected chi connectivity index (χ4v) is 12.7. The first kappa shape index (κ1) is 42.9.